The minimum atomic E-state index is 0.0848. The van der Waals surface area contributed by atoms with E-state index in [2.05, 4.69) is 27.7 Å². The molecule has 0 fully saturated rings. The quantitative estimate of drug-likeness (QED) is 0.860. The minimum Gasteiger partial charge on any atom is -0.397 e. The van der Waals surface area contributed by atoms with E-state index in [4.69, 9.17) is 5.73 Å². The van der Waals surface area contributed by atoms with Gasteiger partial charge < -0.3 is 15.2 Å². The van der Waals surface area contributed by atoms with Gasteiger partial charge in [-0.2, -0.15) is 0 Å². The Balaban J connectivity index is 3.03. The van der Waals surface area contributed by atoms with E-state index in [1.165, 1.54) is 0 Å². The zero-order chi connectivity index (χ0) is 14.6. The molecule has 1 heterocycles. The molecule has 0 aliphatic rings. The van der Waals surface area contributed by atoms with Crippen molar-refractivity contribution in [2.45, 2.75) is 46.6 Å². The van der Waals surface area contributed by atoms with Gasteiger partial charge in [-0.05, 0) is 24.8 Å². The van der Waals surface area contributed by atoms with Crippen LogP contribution in [0.5, 0.6) is 0 Å². The highest BCUT2D eigenvalue weighted by atomic mass is 16.2. The Kier molecular flexibility index (Phi) is 5.45. The molecule has 0 aliphatic heterocycles. The lowest BCUT2D eigenvalue weighted by molar-refractivity contribution is 0.0630. The van der Waals surface area contributed by atoms with Crippen molar-refractivity contribution in [3.63, 3.8) is 0 Å². The SMILES string of the molecule is CCC(CC)N(CC(C)C)C(=O)c1cc(N)cn1C. The van der Waals surface area contributed by atoms with Gasteiger partial charge in [0.25, 0.3) is 5.91 Å². The summed E-state index contributed by atoms with van der Waals surface area (Å²) in [5, 5.41) is 0. The Morgan fingerprint density at radius 2 is 1.95 bits per heavy atom. The third-order valence-corrected chi connectivity index (χ3v) is 3.45. The minimum absolute atomic E-state index is 0.0848. The topological polar surface area (TPSA) is 51.3 Å². The van der Waals surface area contributed by atoms with Crippen LogP contribution in [0.25, 0.3) is 0 Å². The zero-order valence-corrected chi connectivity index (χ0v) is 12.8. The number of rotatable bonds is 6. The molecule has 2 N–H and O–H groups in total. The highest BCUT2D eigenvalue weighted by Gasteiger charge is 2.25. The first-order valence-electron chi connectivity index (χ1n) is 7.13. The summed E-state index contributed by atoms with van der Waals surface area (Å²) in [7, 11) is 1.87. The smallest absolute Gasteiger partial charge is 0.270 e. The number of hydrogen-bond donors (Lipinski definition) is 1. The molecular weight excluding hydrogens is 238 g/mol. The van der Waals surface area contributed by atoms with E-state index >= 15 is 0 Å². The summed E-state index contributed by atoms with van der Waals surface area (Å²) < 4.78 is 1.81. The number of carbonyl (C=O) groups is 1. The number of anilines is 1. The van der Waals surface area contributed by atoms with E-state index in [9.17, 15) is 4.79 Å². The van der Waals surface area contributed by atoms with Crippen LogP contribution >= 0.6 is 0 Å². The molecule has 4 nitrogen and oxygen atoms in total. The number of aromatic nitrogens is 1. The van der Waals surface area contributed by atoms with Gasteiger partial charge in [0.15, 0.2) is 0 Å². The molecule has 0 aliphatic carbocycles. The van der Waals surface area contributed by atoms with Crippen LogP contribution in [0.3, 0.4) is 0 Å². The van der Waals surface area contributed by atoms with Crippen LogP contribution in [0.15, 0.2) is 12.3 Å². The Morgan fingerprint density at radius 3 is 2.32 bits per heavy atom. The van der Waals surface area contributed by atoms with Gasteiger partial charge in [0, 0.05) is 25.8 Å². The lowest BCUT2D eigenvalue weighted by Crippen LogP contribution is -2.42. The van der Waals surface area contributed by atoms with Crippen LogP contribution in [-0.2, 0) is 7.05 Å². The standard InChI is InChI=1S/C15H27N3O/c1-6-13(7-2)18(9-11(3)4)15(19)14-8-12(16)10-17(14)5/h8,10-11,13H,6-7,9,16H2,1-5H3. The number of aryl methyl sites for hydroxylation is 1. The second-order valence-electron chi connectivity index (χ2n) is 5.59. The molecular formula is C15H27N3O. The summed E-state index contributed by atoms with van der Waals surface area (Å²) in [6.45, 7) is 9.34. The van der Waals surface area contributed by atoms with Crippen molar-refractivity contribution in [1.29, 1.82) is 0 Å². The van der Waals surface area contributed by atoms with Gasteiger partial charge in [0.05, 0.1) is 5.69 Å². The van der Waals surface area contributed by atoms with E-state index in [0.717, 1.165) is 19.4 Å². The predicted octanol–water partition coefficient (Wildman–Crippen LogP) is 2.89. The molecule has 108 valence electrons. The van der Waals surface area contributed by atoms with Crippen molar-refractivity contribution in [3.8, 4) is 0 Å². The van der Waals surface area contributed by atoms with Gasteiger partial charge in [-0.15, -0.1) is 0 Å². The van der Waals surface area contributed by atoms with Crippen molar-refractivity contribution >= 4 is 11.6 Å². The molecule has 0 saturated heterocycles. The van der Waals surface area contributed by atoms with Gasteiger partial charge >= 0.3 is 0 Å². The molecule has 1 aromatic rings. The first-order valence-corrected chi connectivity index (χ1v) is 7.13. The highest BCUT2D eigenvalue weighted by molar-refractivity contribution is 5.94. The van der Waals surface area contributed by atoms with Crippen molar-refractivity contribution in [3.05, 3.63) is 18.0 Å². The van der Waals surface area contributed by atoms with E-state index in [1.807, 2.05) is 16.5 Å². The van der Waals surface area contributed by atoms with Crippen molar-refractivity contribution in [2.24, 2.45) is 13.0 Å². The molecule has 0 unspecified atom stereocenters. The van der Waals surface area contributed by atoms with E-state index in [0.29, 0.717) is 23.3 Å². The maximum atomic E-state index is 12.7. The lowest BCUT2D eigenvalue weighted by atomic mass is 10.1. The number of nitrogens with two attached hydrogens (primary N) is 1. The number of hydrogen-bond acceptors (Lipinski definition) is 2. The fraction of sp³-hybridized carbons (Fsp3) is 0.667. The van der Waals surface area contributed by atoms with Crippen molar-refractivity contribution in [2.75, 3.05) is 12.3 Å². The number of carbonyl (C=O) groups excluding carboxylic acids is 1. The molecule has 0 radical (unpaired) electrons. The average Bonchev–Trinajstić information content (AvgIpc) is 2.67. The van der Waals surface area contributed by atoms with Gasteiger partial charge in [0.1, 0.15) is 5.69 Å². The lowest BCUT2D eigenvalue weighted by Gasteiger charge is -2.32. The molecule has 0 atom stereocenters. The van der Waals surface area contributed by atoms with Gasteiger partial charge in [-0.25, -0.2) is 0 Å². The van der Waals surface area contributed by atoms with E-state index in [-0.39, 0.29) is 5.91 Å². The molecule has 1 amide bonds. The first kappa shape index (κ1) is 15.6. The van der Waals surface area contributed by atoms with Crippen LogP contribution < -0.4 is 5.73 Å². The van der Waals surface area contributed by atoms with E-state index < -0.39 is 0 Å². The summed E-state index contributed by atoms with van der Waals surface area (Å²) in [4.78, 5) is 14.7. The second-order valence-corrected chi connectivity index (χ2v) is 5.59. The summed E-state index contributed by atoms with van der Waals surface area (Å²) >= 11 is 0. The fourth-order valence-electron chi connectivity index (χ4n) is 2.47. The number of nitrogen functional groups attached to an aromatic ring is 1. The normalized spacial score (nSPS) is 11.3. The van der Waals surface area contributed by atoms with Crippen LogP contribution in [-0.4, -0.2) is 28.0 Å². The summed E-state index contributed by atoms with van der Waals surface area (Å²) in [6.07, 6.45) is 3.75. The molecule has 4 heteroatoms. The molecule has 0 spiro atoms. The fourth-order valence-corrected chi connectivity index (χ4v) is 2.47. The number of amides is 1. The Morgan fingerprint density at radius 1 is 1.37 bits per heavy atom. The molecule has 1 aromatic heterocycles. The first-order chi connectivity index (χ1) is 8.90. The predicted molar refractivity (Wildman–Crippen MR) is 80.1 cm³/mol. The molecule has 0 bridgehead atoms. The zero-order valence-electron chi connectivity index (χ0n) is 12.8. The third-order valence-electron chi connectivity index (χ3n) is 3.45. The molecule has 19 heavy (non-hydrogen) atoms. The Bertz CT molecular complexity index is 419. The monoisotopic (exact) mass is 265 g/mol. The van der Waals surface area contributed by atoms with Crippen LogP contribution in [0.2, 0.25) is 0 Å². The molecule has 1 rings (SSSR count). The summed E-state index contributed by atoms with van der Waals surface area (Å²) in [5.41, 5.74) is 7.08. The Hall–Kier alpha value is -1.45. The van der Waals surface area contributed by atoms with Gasteiger partial charge in [-0.1, -0.05) is 27.7 Å². The summed E-state index contributed by atoms with van der Waals surface area (Å²) in [6, 6.07) is 2.06. The van der Waals surface area contributed by atoms with E-state index in [1.54, 1.807) is 12.3 Å². The summed E-state index contributed by atoms with van der Waals surface area (Å²) in [5.74, 6) is 0.545. The maximum Gasteiger partial charge on any atom is 0.270 e. The van der Waals surface area contributed by atoms with Gasteiger partial charge in [0.2, 0.25) is 0 Å². The highest BCUT2D eigenvalue weighted by Crippen LogP contribution is 2.18. The largest absolute Gasteiger partial charge is 0.397 e. The second kappa shape index (κ2) is 6.64. The third kappa shape index (κ3) is 3.75. The van der Waals surface area contributed by atoms with Crippen molar-refractivity contribution in [1.82, 2.24) is 9.47 Å². The van der Waals surface area contributed by atoms with Crippen LogP contribution in [0.4, 0.5) is 5.69 Å². The molecule has 0 saturated carbocycles. The number of nitrogens with zero attached hydrogens (tertiary/aromatic N) is 2. The van der Waals surface area contributed by atoms with Crippen molar-refractivity contribution < 1.29 is 4.79 Å². The molecule has 0 aromatic carbocycles. The average molecular weight is 265 g/mol. The Labute approximate surface area is 116 Å². The van der Waals surface area contributed by atoms with Crippen LogP contribution in [0.1, 0.15) is 51.0 Å². The van der Waals surface area contributed by atoms with Gasteiger partial charge in [-0.3, -0.25) is 4.79 Å². The maximum absolute atomic E-state index is 12.7. The van der Waals surface area contributed by atoms with Crippen LogP contribution in [0, 0.1) is 5.92 Å².